The van der Waals surface area contributed by atoms with Crippen molar-refractivity contribution in [1.29, 1.82) is 0 Å². The predicted molar refractivity (Wildman–Crippen MR) is 151 cm³/mol. The second kappa shape index (κ2) is 9.34. The zero-order valence-electron chi connectivity index (χ0n) is 20.3. The second-order valence-corrected chi connectivity index (χ2v) is 9.24. The zero-order chi connectivity index (χ0) is 24.5. The molecule has 6 rings (SSSR count). The van der Waals surface area contributed by atoms with Gasteiger partial charge in [-0.25, -0.2) is 20.0 Å². The molecule has 5 heteroatoms. The number of hydrogen-bond acceptors (Lipinski definition) is 5. The highest BCUT2D eigenvalue weighted by molar-refractivity contribution is 6.32. The summed E-state index contributed by atoms with van der Waals surface area (Å²) in [6.07, 6.45) is 25.0. The Balaban J connectivity index is 1.50. The van der Waals surface area contributed by atoms with Crippen LogP contribution in [-0.2, 0) is 0 Å². The van der Waals surface area contributed by atoms with Gasteiger partial charge in [0, 0.05) is 16.8 Å². The minimum absolute atomic E-state index is 0.726. The molecular weight excluding hydrogens is 442 g/mol. The summed E-state index contributed by atoms with van der Waals surface area (Å²) >= 11 is 0. The molecule has 0 aliphatic carbocycles. The third-order valence-corrected chi connectivity index (χ3v) is 6.60. The highest BCUT2D eigenvalue weighted by atomic mass is 14.8. The van der Waals surface area contributed by atoms with Crippen LogP contribution in [0.15, 0.2) is 133 Å². The molecule has 0 saturated heterocycles. The number of unbranched alkanes of at least 4 members (excludes halogenated alkanes) is 2. The molecule has 5 nitrogen and oxygen atoms in total. The first-order valence-corrected chi connectivity index (χ1v) is 12.5. The largest absolute Gasteiger partial charge is 0.399 e. The van der Waals surface area contributed by atoms with E-state index in [4.69, 9.17) is 25.7 Å². The first-order valence-electron chi connectivity index (χ1n) is 12.5. The molecular formula is C31H27N5. The van der Waals surface area contributed by atoms with Gasteiger partial charge < -0.3 is 5.73 Å². The maximum atomic E-state index is 5.96. The lowest BCUT2D eigenvalue weighted by molar-refractivity contribution is 0.720. The van der Waals surface area contributed by atoms with Crippen molar-refractivity contribution in [1.82, 2.24) is 0 Å². The number of hydrogen-bond donors (Lipinski definition) is 1. The number of nitrogen functional groups attached to an aromatic ring is 1. The molecule has 0 saturated carbocycles. The van der Waals surface area contributed by atoms with Gasteiger partial charge in [-0.3, -0.25) is 0 Å². The maximum Gasteiger partial charge on any atom is 0.0737 e. The number of allylic oxidation sites excluding steroid dienone is 12. The molecule has 0 radical (unpaired) electrons. The summed E-state index contributed by atoms with van der Waals surface area (Å²) < 4.78 is 0. The van der Waals surface area contributed by atoms with Crippen molar-refractivity contribution in [2.24, 2.45) is 20.0 Å². The first-order chi connectivity index (χ1) is 17.7. The minimum Gasteiger partial charge on any atom is -0.399 e. The van der Waals surface area contributed by atoms with Crippen molar-refractivity contribution in [3.05, 3.63) is 119 Å². The summed E-state index contributed by atoms with van der Waals surface area (Å²) in [5, 5.41) is 0. The van der Waals surface area contributed by atoms with Gasteiger partial charge >= 0.3 is 0 Å². The monoisotopic (exact) mass is 469 g/mol. The second-order valence-electron chi connectivity index (χ2n) is 9.24. The predicted octanol–water partition coefficient (Wildman–Crippen LogP) is 6.64. The van der Waals surface area contributed by atoms with Crippen LogP contribution in [0, 0.1) is 0 Å². The van der Waals surface area contributed by atoms with Gasteiger partial charge in [-0.1, -0.05) is 31.9 Å². The van der Waals surface area contributed by atoms with Crippen LogP contribution in [0.3, 0.4) is 0 Å². The number of fused-ring (bicyclic) bond motifs is 4. The van der Waals surface area contributed by atoms with E-state index in [0.717, 1.165) is 75.3 Å². The van der Waals surface area contributed by atoms with E-state index < -0.39 is 0 Å². The topological polar surface area (TPSA) is 75.5 Å². The van der Waals surface area contributed by atoms with Crippen molar-refractivity contribution in [2.45, 2.75) is 32.6 Å². The van der Waals surface area contributed by atoms with Gasteiger partial charge in [-0.15, -0.1) is 0 Å². The van der Waals surface area contributed by atoms with Gasteiger partial charge in [0.05, 0.1) is 45.6 Å². The first kappa shape index (κ1) is 22.1. The van der Waals surface area contributed by atoms with E-state index in [9.17, 15) is 0 Å². The fraction of sp³-hybridized carbons (Fsp3) is 0.161. The third-order valence-electron chi connectivity index (χ3n) is 6.60. The van der Waals surface area contributed by atoms with Gasteiger partial charge in [0.25, 0.3) is 0 Å². The minimum atomic E-state index is 0.726. The van der Waals surface area contributed by atoms with E-state index in [0.29, 0.717) is 0 Å². The zero-order valence-corrected chi connectivity index (χ0v) is 20.3. The van der Waals surface area contributed by atoms with Crippen molar-refractivity contribution < 1.29 is 0 Å². The summed E-state index contributed by atoms with van der Waals surface area (Å²) in [5.74, 6) is 0. The van der Waals surface area contributed by atoms with E-state index in [2.05, 4.69) is 31.2 Å². The molecule has 0 atom stereocenters. The Labute approximate surface area is 211 Å². The molecule has 2 N–H and O–H groups in total. The van der Waals surface area contributed by atoms with Crippen molar-refractivity contribution >= 4 is 34.1 Å². The molecule has 0 spiro atoms. The molecule has 8 bridgehead atoms. The highest BCUT2D eigenvalue weighted by Gasteiger charge is 2.21. The van der Waals surface area contributed by atoms with Crippen LogP contribution < -0.4 is 5.73 Å². The Morgan fingerprint density at radius 2 is 1.28 bits per heavy atom. The van der Waals surface area contributed by atoms with Gasteiger partial charge in [0.15, 0.2) is 0 Å². The highest BCUT2D eigenvalue weighted by Crippen LogP contribution is 2.31. The van der Waals surface area contributed by atoms with Crippen LogP contribution in [0.5, 0.6) is 0 Å². The van der Waals surface area contributed by atoms with Crippen molar-refractivity contribution in [2.75, 3.05) is 5.73 Å². The van der Waals surface area contributed by atoms with Crippen LogP contribution in [0.1, 0.15) is 38.2 Å². The number of rotatable bonds is 5. The third kappa shape index (κ3) is 4.36. The molecule has 0 fully saturated rings. The molecule has 176 valence electrons. The van der Waals surface area contributed by atoms with Gasteiger partial charge in [-0.05, 0) is 91.3 Å². The van der Waals surface area contributed by atoms with Crippen LogP contribution >= 0.6 is 0 Å². The number of aliphatic imine (C=N–C) groups is 4. The van der Waals surface area contributed by atoms with Gasteiger partial charge in [0.1, 0.15) is 0 Å². The summed E-state index contributed by atoms with van der Waals surface area (Å²) in [6.45, 7) is 2.23. The van der Waals surface area contributed by atoms with E-state index in [1.807, 2.05) is 60.7 Å². The molecule has 1 aromatic rings. The number of nitrogens with zero attached hydrogens (tertiary/aromatic N) is 4. The van der Waals surface area contributed by atoms with Crippen molar-refractivity contribution in [3.8, 4) is 0 Å². The van der Waals surface area contributed by atoms with E-state index in [1.54, 1.807) is 0 Å². The SMILES string of the molecule is CCCCCC1=C2C=CC(=N2)C=C2C=CC(=N2)C(c2ccc(N)cc2)=C2C=CC(=N2)C=C2C=CC1=N2. The summed E-state index contributed by atoms with van der Waals surface area (Å²) in [4.78, 5) is 19.8. The lowest BCUT2D eigenvalue weighted by Gasteiger charge is -2.09. The van der Waals surface area contributed by atoms with Crippen LogP contribution in [0.25, 0.3) is 5.57 Å². The van der Waals surface area contributed by atoms with Gasteiger partial charge in [-0.2, -0.15) is 0 Å². The molecule has 0 aromatic heterocycles. The summed E-state index contributed by atoms with van der Waals surface area (Å²) in [7, 11) is 0. The maximum absolute atomic E-state index is 5.96. The standard InChI is InChI=1S/C31H27N5/c1-2-3-4-5-26-27-14-10-22(33-27)18-24-12-16-29(35-24)31(20-6-8-21(32)9-7-20)30-17-13-25(36-30)19-23-11-15-28(26)34-23/h6-19H,2-5,32H2,1H3. The van der Waals surface area contributed by atoms with Gasteiger partial charge in [0.2, 0.25) is 0 Å². The van der Waals surface area contributed by atoms with Crippen LogP contribution in [0.4, 0.5) is 5.69 Å². The lowest BCUT2D eigenvalue weighted by atomic mass is 9.98. The summed E-state index contributed by atoms with van der Waals surface area (Å²) in [6, 6.07) is 7.86. The Kier molecular flexibility index (Phi) is 5.74. The Morgan fingerprint density at radius 3 is 2.00 bits per heavy atom. The molecule has 0 amide bonds. The quantitative estimate of drug-likeness (QED) is 0.381. The molecule has 5 aliphatic heterocycles. The fourth-order valence-corrected chi connectivity index (χ4v) is 4.77. The number of anilines is 1. The fourth-order valence-electron chi connectivity index (χ4n) is 4.77. The average Bonchev–Trinajstić information content (AvgIpc) is 3.68. The number of nitrogens with two attached hydrogens (primary N) is 1. The van der Waals surface area contributed by atoms with Crippen LogP contribution in [-0.4, -0.2) is 22.8 Å². The normalized spacial score (nSPS) is 19.6. The molecule has 5 aliphatic rings. The Bertz CT molecular complexity index is 1510. The van der Waals surface area contributed by atoms with E-state index in [-0.39, 0.29) is 0 Å². The molecule has 0 unspecified atom stereocenters. The lowest BCUT2D eigenvalue weighted by Crippen LogP contribution is -2.01. The van der Waals surface area contributed by atoms with Crippen LogP contribution in [0.2, 0.25) is 0 Å². The molecule has 1 aromatic carbocycles. The average molecular weight is 470 g/mol. The Hall–Kier alpha value is -4.38. The molecule has 5 heterocycles. The van der Waals surface area contributed by atoms with E-state index >= 15 is 0 Å². The smallest absolute Gasteiger partial charge is 0.0737 e. The number of benzene rings is 1. The van der Waals surface area contributed by atoms with Crippen molar-refractivity contribution in [3.63, 3.8) is 0 Å². The molecule has 36 heavy (non-hydrogen) atoms. The summed E-state index contributed by atoms with van der Waals surface area (Å²) in [5.41, 5.74) is 17.1. The Morgan fingerprint density at radius 1 is 0.639 bits per heavy atom. The van der Waals surface area contributed by atoms with E-state index in [1.165, 1.54) is 18.4 Å².